The molecule has 0 saturated carbocycles. The second-order valence-corrected chi connectivity index (χ2v) is 1.60. The van der Waals surface area contributed by atoms with E-state index in [2.05, 4.69) is 5.73 Å². The first-order valence-corrected chi connectivity index (χ1v) is 2.86. The second-order valence-electron chi connectivity index (χ2n) is 1.60. The largest absolute Gasteiger partial charge is 0.385 e. The molecule has 0 aliphatic rings. The van der Waals surface area contributed by atoms with Crippen LogP contribution in [0.4, 0.5) is 0 Å². The van der Waals surface area contributed by atoms with Crippen molar-refractivity contribution in [3.63, 3.8) is 0 Å². The molecule has 3 heteroatoms. The quantitative estimate of drug-likeness (QED) is 0.480. The van der Waals surface area contributed by atoms with Gasteiger partial charge in [0.05, 0.1) is 6.61 Å². The number of rotatable bonds is 4. The first-order chi connectivity index (χ1) is 3.81. The van der Waals surface area contributed by atoms with Crippen LogP contribution in [0.5, 0.6) is 0 Å². The fourth-order valence-corrected chi connectivity index (χ4v) is 0.337. The van der Waals surface area contributed by atoms with E-state index in [1.165, 1.54) is 0 Å². The fraction of sp³-hybridized carbons (Fsp3) is 1.00. The number of ether oxygens (including phenoxy) is 1. The van der Waals surface area contributed by atoms with Crippen LogP contribution in [-0.4, -0.2) is 31.0 Å². The van der Waals surface area contributed by atoms with Gasteiger partial charge in [0.15, 0.2) is 0 Å². The summed E-state index contributed by atoms with van der Waals surface area (Å²) in [5, 5.41) is 8.80. The molecule has 0 unspecified atom stereocenters. The van der Waals surface area contributed by atoms with E-state index in [9.17, 15) is 0 Å². The van der Waals surface area contributed by atoms with Crippen LogP contribution in [0.1, 0.15) is 6.92 Å². The summed E-state index contributed by atoms with van der Waals surface area (Å²) in [6.07, 6.45) is -0.380. The molecule has 8 heavy (non-hydrogen) atoms. The highest BCUT2D eigenvalue weighted by Crippen LogP contribution is 1.78. The van der Waals surface area contributed by atoms with E-state index in [0.29, 0.717) is 19.8 Å². The summed E-state index contributed by atoms with van der Waals surface area (Å²) >= 11 is 0. The maximum Gasteiger partial charge on any atom is 0.126 e. The van der Waals surface area contributed by atoms with Crippen molar-refractivity contribution < 1.29 is 15.6 Å². The van der Waals surface area contributed by atoms with Crippen molar-refractivity contribution in [2.45, 2.75) is 13.0 Å². The van der Waals surface area contributed by atoms with E-state index < -0.39 is 0 Å². The zero-order valence-electron chi connectivity index (χ0n) is 5.26. The Hall–Kier alpha value is -0.120. The summed E-state index contributed by atoms with van der Waals surface area (Å²) in [5.41, 5.74) is 3.51. The van der Waals surface area contributed by atoms with Gasteiger partial charge in [0.25, 0.3) is 0 Å². The first kappa shape index (κ1) is 7.88. The summed E-state index contributed by atoms with van der Waals surface area (Å²) in [7, 11) is 0. The zero-order valence-corrected chi connectivity index (χ0v) is 5.26. The molecule has 0 aromatic carbocycles. The molecule has 0 aliphatic carbocycles. The Morgan fingerprint density at radius 3 is 2.75 bits per heavy atom. The number of quaternary nitrogens is 1. The molecule has 0 aromatic heterocycles. The van der Waals surface area contributed by atoms with E-state index in [-0.39, 0.29) is 6.10 Å². The van der Waals surface area contributed by atoms with E-state index in [1.54, 1.807) is 0 Å². The third kappa shape index (κ3) is 4.05. The number of hydrogen-bond acceptors (Lipinski definition) is 2. The molecule has 0 bridgehead atoms. The Morgan fingerprint density at radius 1 is 1.75 bits per heavy atom. The third-order valence-electron chi connectivity index (χ3n) is 0.848. The minimum Gasteiger partial charge on any atom is -0.385 e. The van der Waals surface area contributed by atoms with Crippen LogP contribution < -0.4 is 5.73 Å². The molecule has 0 saturated heterocycles. The molecule has 0 aromatic rings. The van der Waals surface area contributed by atoms with Gasteiger partial charge in [-0.1, -0.05) is 0 Å². The Morgan fingerprint density at radius 2 is 2.38 bits per heavy atom. The number of hydrogen-bond donors (Lipinski definition) is 2. The predicted molar refractivity (Wildman–Crippen MR) is 30.3 cm³/mol. The molecule has 0 heterocycles. The highest BCUT2D eigenvalue weighted by molar-refractivity contribution is 4.45. The van der Waals surface area contributed by atoms with Crippen molar-refractivity contribution in [3.05, 3.63) is 0 Å². The fourth-order valence-electron chi connectivity index (χ4n) is 0.337. The molecule has 0 aliphatic heterocycles. The zero-order chi connectivity index (χ0) is 6.41. The Bertz CT molecular complexity index is 49.7. The molecule has 0 radical (unpaired) electrons. The Labute approximate surface area is 49.4 Å². The SMILES string of the molecule is CCOC[C@@H](O)C[NH3+]. The van der Waals surface area contributed by atoms with E-state index in [1.807, 2.05) is 6.92 Å². The van der Waals surface area contributed by atoms with Gasteiger partial charge >= 0.3 is 0 Å². The van der Waals surface area contributed by atoms with Crippen LogP contribution in [0.15, 0.2) is 0 Å². The van der Waals surface area contributed by atoms with Gasteiger partial charge in [-0.05, 0) is 6.92 Å². The minimum atomic E-state index is -0.380. The van der Waals surface area contributed by atoms with Gasteiger partial charge in [0, 0.05) is 6.61 Å². The molecule has 3 nitrogen and oxygen atoms in total. The molecule has 4 N–H and O–H groups in total. The monoisotopic (exact) mass is 120 g/mol. The normalized spacial score (nSPS) is 13.9. The number of aliphatic hydroxyl groups is 1. The van der Waals surface area contributed by atoms with Gasteiger partial charge in [0.2, 0.25) is 0 Å². The summed E-state index contributed by atoms with van der Waals surface area (Å²) in [6.45, 7) is 3.51. The van der Waals surface area contributed by atoms with Crippen molar-refractivity contribution in [1.29, 1.82) is 0 Å². The van der Waals surface area contributed by atoms with Crippen molar-refractivity contribution in [2.75, 3.05) is 19.8 Å². The Kier molecular flexibility index (Phi) is 4.95. The predicted octanol–water partition coefficient (Wildman–Crippen LogP) is -1.37. The molecular formula is C5H14NO2+. The van der Waals surface area contributed by atoms with Gasteiger partial charge in [-0.3, -0.25) is 0 Å². The van der Waals surface area contributed by atoms with Gasteiger partial charge in [-0.15, -0.1) is 0 Å². The van der Waals surface area contributed by atoms with Gasteiger partial charge in [-0.25, -0.2) is 0 Å². The smallest absolute Gasteiger partial charge is 0.126 e. The molecule has 50 valence electrons. The number of aliphatic hydroxyl groups excluding tert-OH is 1. The summed E-state index contributed by atoms with van der Waals surface area (Å²) in [6, 6.07) is 0. The van der Waals surface area contributed by atoms with Gasteiger partial charge in [0.1, 0.15) is 12.6 Å². The van der Waals surface area contributed by atoms with Crippen LogP contribution >= 0.6 is 0 Å². The maximum atomic E-state index is 8.80. The lowest BCUT2D eigenvalue weighted by Crippen LogP contribution is -2.56. The lowest BCUT2D eigenvalue weighted by atomic mass is 10.4. The van der Waals surface area contributed by atoms with Crippen molar-refractivity contribution in [1.82, 2.24) is 0 Å². The molecule has 1 atom stereocenters. The molecule has 0 fully saturated rings. The topological polar surface area (TPSA) is 57.1 Å². The second kappa shape index (κ2) is 5.03. The van der Waals surface area contributed by atoms with E-state index in [4.69, 9.17) is 9.84 Å². The molecule has 0 amide bonds. The first-order valence-electron chi connectivity index (χ1n) is 2.86. The summed E-state index contributed by atoms with van der Waals surface area (Å²) in [5.74, 6) is 0. The summed E-state index contributed by atoms with van der Waals surface area (Å²) in [4.78, 5) is 0. The molecular weight excluding hydrogens is 106 g/mol. The lowest BCUT2D eigenvalue weighted by molar-refractivity contribution is -0.385. The maximum absolute atomic E-state index is 8.80. The van der Waals surface area contributed by atoms with E-state index in [0.717, 1.165) is 0 Å². The van der Waals surface area contributed by atoms with Crippen molar-refractivity contribution >= 4 is 0 Å². The van der Waals surface area contributed by atoms with Crippen LogP contribution in [0.3, 0.4) is 0 Å². The van der Waals surface area contributed by atoms with Crippen molar-refractivity contribution in [2.24, 2.45) is 0 Å². The molecule has 0 rings (SSSR count). The Balaban J connectivity index is 2.86. The van der Waals surface area contributed by atoms with E-state index >= 15 is 0 Å². The average Bonchev–Trinajstić information content (AvgIpc) is 1.83. The molecule has 0 spiro atoms. The van der Waals surface area contributed by atoms with Gasteiger partial charge < -0.3 is 15.6 Å². The minimum absolute atomic E-state index is 0.380. The lowest BCUT2D eigenvalue weighted by Gasteiger charge is -2.03. The average molecular weight is 120 g/mol. The van der Waals surface area contributed by atoms with Crippen LogP contribution in [0, 0.1) is 0 Å². The highest BCUT2D eigenvalue weighted by atomic mass is 16.5. The van der Waals surface area contributed by atoms with Crippen LogP contribution in [0.25, 0.3) is 0 Å². The highest BCUT2D eigenvalue weighted by Gasteiger charge is 1.99. The van der Waals surface area contributed by atoms with Crippen LogP contribution in [0.2, 0.25) is 0 Å². The standard InChI is InChI=1S/C5H13NO2/c1-2-8-4-5(7)3-6/h5,7H,2-4,6H2,1H3/p+1/t5-/m0/s1. The van der Waals surface area contributed by atoms with Gasteiger partial charge in [-0.2, -0.15) is 0 Å². The third-order valence-corrected chi connectivity index (χ3v) is 0.848. The summed E-state index contributed by atoms with van der Waals surface area (Å²) < 4.78 is 4.90. The van der Waals surface area contributed by atoms with Crippen LogP contribution in [-0.2, 0) is 4.74 Å². The van der Waals surface area contributed by atoms with Crippen molar-refractivity contribution in [3.8, 4) is 0 Å².